The summed E-state index contributed by atoms with van der Waals surface area (Å²) in [6.45, 7) is 6.54. The Hall–Kier alpha value is -1.76. The van der Waals surface area contributed by atoms with Gasteiger partial charge in [-0.1, -0.05) is 43.3 Å². The van der Waals surface area contributed by atoms with E-state index < -0.39 is 0 Å². The Labute approximate surface area is 116 Å². The predicted octanol–water partition coefficient (Wildman–Crippen LogP) is 4.74. The number of aryl methyl sites for hydroxylation is 2. The molecular weight excluding hydrogens is 230 g/mol. The highest BCUT2D eigenvalue weighted by molar-refractivity contribution is 5.49. The van der Waals surface area contributed by atoms with Gasteiger partial charge in [-0.25, -0.2) is 0 Å². The summed E-state index contributed by atoms with van der Waals surface area (Å²) in [6, 6.07) is 17.8. The average molecular weight is 253 g/mol. The summed E-state index contributed by atoms with van der Waals surface area (Å²) in [5.74, 6) is 0. The molecule has 0 radical (unpaired) electrons. The third-order valence-corrected chi connectivity index (χ3v) is 3.41. The number of anilines is 1. The van der Waals surface area contributed by atoms with E-state index in [1.54, 1.807) is 0 Å². The van der Waals surface area contributed by atoms with Crippen molar-refractivity contribution < 1.29 is 0 Å². The van der Waals surface area contributed by atoms with Gasteiger partial charge in [-0.15, -0.1) is 0 Å². The summed E-state index contributed by atoms with van der Waals surface area (Å²) in [6.07, 6.45) is 2.20. The normalized spacial score (nSPS) is 12.2. The molecule has 0 aliphatic rings. The van der Waals surface area contributed by atoms with Gasteiger partial charge in [0.1, 0.15) is 0 Å². The van der Waals surface area contributed by atoms with Gasteiger partial charge >= 0.3 is 0 Å². The zero-order valence-corrected chi connectivity index (χ0v) is 12.1. The fourth-order valence-electron chi connectivity index (χ4n) is 2.49. The Morgan fingerprint density at radius 2 is 1.58 bits per heavy atom. The average Bonchev–Trinajstić information content (AvgIpc) is 2.38. The third-order valence-electron chi connectivity index (χ3n) is 3.41. The van der Waals surface area contributed by atoms with Gasteiger partial charge in [0, 0.05) is 11.7 Å². The van der Waals surface area contributed by atoms with Gasteiger partial charge in [-0.2, -0.15) is 0 Å². The van der Waals surface area contributed by atoms with Gasteiger partial charge in [-0.05, 0) is 55.5 Å². The molecule has 1 nitrogen and oxygen atoms in total. The van der Waals surface area contributed by atoms with Crippen LogP contribution in [0.5, 0.6) is 0 Å². The Balaban J connectivity index is 2.06. The Bertz CT molecular complexity index is 496. The Morgan fingerprint density at radius 3 is 2.16 bits per heavy atom. The number of nitrogens with one attached hydrogen (secondary N) is 1. The van der Waals surface area contributed by atoms with Gasteiger partial charge in [0.2, 0.25) is 0 Å². The summed E-state index contributed by atoms with van der Waals surface area (Å²) >= 11 is 0. The maximum atomic E-state index is 3.66. The zero-order chi connectivity index (χ0) is 13.7. The summed E-state index contributed by atoms with van der Waals surface area (Å²) in [5.41, 5.74) is 5.26. The van der Waals surface area contributed by atoms with E-state index in [0.29, 0.717) is 6.04 Å². The fourth-order valence-corrected chi connectivity index (χ4v) is 2.49. The molecule has 2 aromatic carbocycles. The summed E-state index contributed by atoms with van der Waals surface area (Å²) < 4.78 is 0. The van der Waals surface area contributed by atoms with Crippen molar-refractivity contribution in [3.05, 3.63) is 65.2 Å². The van der Waals surface area contributed by atoms with E-state index >= 15 is 0 Å². The second-order valence-corrected chi connectivity index (χ2v) is 5.32. The smallest absolute Gasteiger partial charge is 0.0347 e. The SMILES string of the molecule is CCC(Cc1ccccc1)Nc1cc(C)cc(C)c1. The molecule has 1 heteroatoms. The molecule has 0 aromatic heterocycles. The quantitative estimate of drug-likeness (QED) is 0.811. The minimum atomic E-state index is 0.489. The second kappa shape index (κ2) is 6.42. The topological polar surface area (TPSA) is 12.0 Å². The molecular formula is C18H23N. The molecule has 100 valence electrons. The van der Waals surface area contributed by atoms with Crippen molar-refractivity contribution in [2.45, 2.75) is 39.7 Å². The lowest BCUT2D eigenvalue weighted by atomic mass is 10.0. The lowest BCUT2D eigenvalue weighted by Gasteiger charge is -2.19. The first-order valence-electron chi connectivity index (χ1n) is 7.06. The molecule has 0 saturated heterocycles. The van der Waals surface area contributed by atoms with E-state index in [2.05, 4.69) is 74.6 Å². The van der Waals surface area contributed by atoms with Gasteiger partial charge in [0.25, 0.3) is 0 Å². The van der Waals surface area contributed by atoms with E-state index in [4.69, 9.17) is 0 Å². The highest BCUT2D eigenvalue weighted by Crippen LogP contribution is 2.17. The van der Waals surface area contributed by atoms with Crippen molar-refractivity contribution >= 4 is 5.69 Å². The predicted molar refractivity (Wildman–Crippen MR) is 83.8 cm³/mol. The van der Waals surface area contributed by atoms with E-state index in [1.807, 2.05) is 0 Å². The van der Waals surface area contributed by atoms with Crippen LogP contribution in [0.15, 0.2) is 48.5 Å². The molecule has 0 aliphatic heterocycles. The monoisotopic (exact) mass is 253 g/mol. The highest BCUT2D eigenvalue weighted by Gasteiger charge is 2.07. The highest BCUT2D eigenvalue weighted by atomic mass is 14.9. The van der Waals surface area contributed by atoms with E-state index in [1.165, 1.54) is 22.4 Å². The molecule has 0 heterocycles. The van der Waals surface area contributed by atoms with Crippen molar-refractivity contribution in [1.82, 2.24) is 0 Å². The van der Waals surface area contributed by atoms with Gasteiger partial charge in [0.15, 0.2) is 0 Å². The van der Waals surface area contributed by atoms with E-state index in [0.717, 1.165) is 12.8 Å². The largest absolute Gasteiger partial charge is 0.382 e. The summed E-state index contributed by atoms with van der Waals surface area (Å²) in [5, 5.41) is 3.66. The van der Waals surface area contributed by atoms with Crippen molar-refractivity contribution in [3.63, 3.8) is 0 Å². The fraction of sp³-hybridized carbons (Fsp3) is 0.333. The maximum Gasteiger partial charge on any atom is 0.0347 e. The molecule has 0 amide bonds. The Kier molecular flexibility index (Phi) is 4.62. The van der Waals surface area contributed by atoms with Gasteiger partial charge in [0.05, 0.1) is 0 Å². The van der Waals surface area contributed by atoms with Gasteiger partial charge < -0.3 is 5.32 Å². The molecule has 2 rings (SSSR count). The van der Waals surface area contributed by atoms with Crippen LogP contribution < -0.4 is 5.32 Å². The lowest BCUT2D eigenvalue weighted by molar-refractivity contribution is 0.690. The van der Waals surface area contributed by atoms with Crippen LogP contribution in [0, 0.1) is 13.8 Å². The molecule has 1 atom stereocenters. The molecule has 2 aromatic rings. The molecule has 0 fully saturated rings. The minimum Gasteiger partial charge on any atom is -0.382 e. The second-order valence-electron chi connectivity index (χ2n) is 5.32. The molecule has 0 bridgehead atoms. The standard InChI is InChI=1S/C18H23N/c1-4-17(13-16-8-6-5-7-9-16)19-18-11-14(2)10-15(3)12-18/h5-12,17,19H,4,13H2,1-3H3. The first kappa shape index (κ1) is 13.7. The maximum absolute atomic E-state index is 3.66. The summed E-state index contributed by atoms with van der Waals surface area (Å²) in [4.78, 5) is 0. The molecule has 1 N–H and O–H groups in total. The first-order chi connectivity index (χ1) is 9.17. The number of rotatable bonds is 5. The van der Waals surface area contributed by atoms with Crippen molar-refractivity contribution in [2.24, 2.45) is 0 Å². The van der Waals surface area contributed by atoms with Gasteiger partial charge in [-0.3, -0.25) is 0 Å². The molecule has 0 saturated carbocycles. The summed E-state index contributed by atoms with van der Waals surface area (Å²) in [7, 11) is 0. The van der Waals surface area contributed by atoms with Crippen molar-refractivity contribution in [1.29, 1.82) is 0 Å². The molecule has 0 aliphatic carbocycles. The van der Waals surface area contributed by atoms with Crippen LogP contribution in [0.25, 0.3) is 0 Å². The van der Waals surface area contributed by atoms with Crippen LogP contribution in [0.1, 0.15) is 30.0 Å². The van der Waals surface area contributed by atoms with Crippen LogP contribution in [0.2, 0.25) is 0 Å². The van der Waals surface area contributed by atoms with E-state index in [-0.39, 0.29) is 0 Å². The first-order valence-corrected chi connectivity index (χ1v) is 7.06. The van der Waals surface area contributed by atoms with E-state index in [9.17, 15) is 0 Å². The number of hydrogen-bond acceptors (Lipinski definition) is 1. The van der Waals surface area contributed by atoms with Crippen LogP contribution in [-0.2, 0) is 6.42 Å². The van der Waals surface area contributed by atoms with Crippen molar-refractivity contribution in [3.8, 4) is 0 Å². The van der Waals surface area contributed by atoms with Crippen LogP contribution in [0.3, 0.4) is 0 Å². The number of hydrogen-bond donors (Lipinski definition) is 1. The molecule has 1 unspecified atom stereocenters. The molecule has 0 spiro atoms. The van der Waals surface area contributed by atoms with Crippen LogP contribution >= 0.6 is 0 Å². The Morgan fingerprint density at radius 1 is 0.947 bits per heavy atom. The van der Waals surface area contributed by atoms with Crippen molar-refractivity contribution in [2.75, 3.05) is 5.32 Å². The zero-order valence-electron chi connectivity index (χ0n) is 12.1. The number of benzene rings is 2. The minimum absolute atomic E-state index is 0.489. The lowest BCUT2D eigenvalue weighted by Crippen LogP contribution is -2.21. The van der Waals surface area contributed by atoms with Crippen LogP contribution in [-0.4, -0.2) is 6.04 Å². The van der Waals surface area contributed by atoms with Crippen LogP contribution in [0.4, 0.5) is 5.69 Å². The molecule has 19 heavy (non-hydrogen) atoms. The third kappa shape index (κ3) is 4.13.